The van der Waals surface area contributed by atoms with Crippen molar-refractivity contribution in [2.75, 3.05) is 27.3 Å². The maximum atomic E-state index is 12.6. The molecule has 1 amide bonds. The van der Waals surface area contributed by atoms with E-state index in [9.17, 15) is 10.1 Å². The number of carbonyl (C=O) groups excluding carboxylic acids is 1. The van der Waals surface area contributed by atoms with Crippen molar-refractivity contribution in [1.29, 1.82) is 5.26 Å². The molecule has 4 rings (SSSR count). The predicted octanol–water partition coefficient (Wildman–Crippen LogP) is 5.34. The number of likely N-dealkylation sites (tertiary alicyclic amines) is 1. The molecule has 1 fully saturated rings. The fourth-order valence-corrected chi connectivity index (χ4v) is 4.92. The third kappa shape index (κ3) is 5.64. The molecule has 0 atom stereocenters. The topological polar surface area (TPSA) is 74.6 Å². The van der Waals surface area contributed by atoms with Crippen LogP contribution in [-0.2, 0) is 18.5 Å². The summed E-state index contributed by atoms with van der Waals surface area (Å²) in [6.07, 6.45) is 1.44. The molecule has 0 unspecified atom stereocenters. The molecule has 0 aromatic heterocycles. The first-order valence-corrected chi connectivity index (χ1v) is 12.3. The average Bonchev–Trinajstić information content (AvgIpc) is 2.93. The Morgan fingerprint density at radius 2 is 1.72 bits per heavy atom. The molecule has 0 radical (unpaired) electrons. The van der Waals surface area contributed by atoms with Crippen molar-refractivity contribution in [1.82, 2.24) is 10.2 Å². The van der Waals surface area contributed by atoms with Crippen LogP contribution in [0.5, 0.6) is 11.5 Å². The molecule has 1 aliphatic heterocycles. The van der Waals surface area contributed by atoms with Crippen LogP contribution in [0.15, 0.2) is 66.7 Å². The number of hydrogen-bond donors (Lipinski definition) is 1. The van der Waals surface area contributed by atoms with E-state index in [0.29, 0.717) is 28.6 Å². The average molecular weight is 504 g/mol. The lowest BCUT2D eigenvalue weighted by Crippen LogP contribution is -2.42. The summed E-state index contributed by atoms with van der Waals surface area (Å²) in [6, 6.07) is 23.3. The quantitative estimate of drug-likeness (QED) is 0.449. The zero-order valence-electron chi connectivity index (χ0n) is 20.6. The van der Waals surface area contributed by atoms with Crippen molar-refractivity contribution in [2.24, 2.45) is 0 Å². The largest absolute Gasteiger partial charge is 0.493 e. The normalized spacial score (nSPS) is 15.1. The third-order valence-corrected chi connectivity index (χ3v) is 7.11. The van der Waals surface area contributed by atoms with Crippen LogP contribution < -0.4 is 14.8 Å². The van der Waals surface area contributed by atoms with E-state index < -0.39 is 5.41 Å². The fourth-order valence-electron chi connectivity index (χ4n) is 4.79. The summed E-state index contributed by atoms with van der Waals surface area (Å²) < 4.78 is 10.8. The van der Waals surface area contributed by atoms with Gasteiger partial charge in [0.15, 0.2) is 11.5 Å². The summed E-state index contributed by atoms with van der Waals surface area (Å²) in [5.41, 5.74) is 3.07. The van der Waals surface area contributed by atoms with Crippen LogP contribution in [0.4, 0.5) is 0 Å². The van der Waals surface area contributed by atoms with E-state index in [2.05, 4.69) is 16.3 Å². The lowest BCUT2D eigenvalue weighted by molar-refractivity contribution is 0.0950. The first-order chi connectivity index (χ1) is 17.5. The zero-order chi connectivity index (χ0) is 25.5. The second kappa shape index (κ2) is 11.5. The zero-order valence-corrected chi connectivity index (χ0v) is 21.3. The number of hydrogen-bond acceptors (Lipinski definition) is 5. The standard InChI is InChI=1S/C29H30ClN3O3/c1-35-26-12-7-21(17-27(26)36-2)19-33-15-13-29(20-31,14-16-33)25-6-4-3-5-23(25)18-32-28(34)22-8-10-24(30)11-9-22/h3-12,17H,13-16,18-19H2,1-2H3,(H,32,34). The summed E-state index contributed by atoms with van der Waals surface area (Å²) in [7, 11) is 3.27. The third-order valence-electron chi connectivity index (χ3n) is 6.86. The number of ether oxygens (including phenoxy) is 2. The van der Waals surface area contributed by atoms with Gasteiger partial charge in [-0.05, 0) is 65.9 Å². The lowest BCUT2D eigenvalue weighted by atomic mass is 9.72. The number of rotatable bonds is 8. The predicted molar refractivity (Wildman–Crippen MR) is 140 cm³/mol. The van der Waals surface area contributed by atoms with Crippen LogP contribution in [0.3, 0.4) is 0 Å². The Morgan fingerprint density at radius 1 is 1.03 bits per heavy atom. The van der Waals surface area contributed by atoms with E-state index in [1.165, 1.54) is 0 Å². The Hall–Kier alpha value is -3.53. The number of carbonyl (C=O) groups is 1. The number of methoxy groups -OCH3 is 2. The van der Waals surface area contributed by atoms with E-state index >= 15 is 0 Å². The Morgan fingerprint density at radius 3 is 2.39 bits per heavy atom. The Kier molecular flexibility index (Phi) is 8.14. The molecule has 0 spiro atoms. The van der Waals surface area contributed by atoms with Crippen molar-refractivity contribution < 1.29 is 14.3 Å². The minimum Gasteiger partial charge on any atom is -0.493 e. The van der Waals surface area contributed by atoms with Gasteiger partial charge in [0.1, 0.15) is 0 Å². The van der Waals surface area contributed by atoms with Crippen LogP contribution in [0.1, 0.15) is 39.9 Å². The van der Waals surface area contributed by atoms with Crippen molar-refractivity contribution in [3.05, 3.63) is 94.0 Å². The Bertz CT molecular complexity index is 1250. The van der Waals surface area contributed by atoms with E-state index in [0.717, 1.165) is 49.2 Å². The van der Waals surface area contributed by atoms with Gasteiger partial charge in [-0.1, -0.05) is 41.9 Å². The lowest BCUT2D eigenvalue weighted by Gasteiger charge is -2.38. The van der Waals surface area contributed by atoms with Gasteiger partial charge in [0.25, 0.3) is 5.91 Å². The number of nitrogens with one attached hydrogen (secondary N) is 1. The van der Waals surface area contributed by atoms with Gasteiger partial charge in [-0.15, -0.1) is 0 Å². The Labute approximate surface area is 217 Å². The van der Waals surface area contributed by atoms with E-state index in [1.807, 2.05) is 42.5 Å². The van der Waals surface area contributed by atoms with Gasteiger partial charge in [0.05, 0.1) is 25.7 Å². The minimum absolute atomic E-state index is 0.169. The van der Waals surface area contributed by atoms with Crippen LogP contribution >= 0.6 is 11.6 Å². The number of nitrogens with zero attached hydrogens (tertiary/aromatic N) is 2. The smallest absolute Gasteiger partial charge is 0.251 e. The number of nitriles is 1. The summed E-state index contributed by atoms with van der Waals surface area (Å²) in [4.78, 5) is 15.0. The summed E-state index contributed by atoms with van der Waals surface area (Å²) in [6.45, 7) is 2.73. The molecule has 36 heavy (non-hydrogen) atoms. The molecule has 1 N–H and O–H groups in total. The molecule has 3 aromatic rings. The van der Waals surface area contributed by atoms with Gasteiger partial charge in [-0.2, -0.15) is 5.26 Å². The van der Waals surface area contributed by atoms with E-state index in [4.69, 9.17) is 21.1 Å². The molecule has 1 saturated heterocycles. The van der Waals surface area contributed by atoms with Gasteiger partial charge in [0.2, 0.25) is 0 Å². The molecule has 1 aliphatic rings. The van der Waals surface area contributed by atoms with Crippen molar-refractivity contribution in [3.8, 4) is 17.6 Å². The summed E-state index contributed by atoms with van der Waals surface area (Å²) in [5, 5.41) is 13.9. The van der Waals surface area contributed by atoms with Crippen LogP contribution in [0.25, 0.3) is 0 Å². The molecule has 0 saturated carbocycles. The van der Waals surface area contributed by atoms with Crippen LogP contribution in [-0.4, -0.2) is 38.1 Å². The first kappa shape index (κ1) is 25.6. The molecule has 1 heterocycles. The molecule has 6 nitrogen and oxygen atoms in total. The highest BCUT2D eigenvalue weighted by atomic mass is 35.5. The minimum atomic E-state index is -0.588. The second-order valence-electron chi connectivity index (χ2n) is 9.01. The fraction of sp³-hybridized carbons (Fsp3) is 0.310. The SMILES string of the molecule is COc1ccc(CN2CCC(C#N)(c3ccccc3CNC(=O)c3ccc(Cl)cc3)CC2)cc1OC. The van der Waals surface area contributed by atoms with Crippen LogP contribution in [0, 0.1) is 11.3 Å². The Balaban J connectivity index is 1.44. The van der Waals surface area contributed by atoms with E-state index in [-0.39, 0.29) is 5.91 Å². The monoisotopic (exact) mass is 503 g/mol. The highest BCUT2D eigenvalue weighted by Gasteiger charge is 2.38. The maximum absolute atomic E-state index is 12.6. The van der Waals surface area contributed by atoms with Gasteiger partial charge >= 0.3 is 0 Å². The summed E-state index contributed by atoms with van der Waals surface area (Å²) >= 11 is 5.93. The number of amides is 1. The number of halogens is 1. The maximum Gasteiger partial charge on any atom is 0.251 e. The highest BCUT2D eigenvalue weighted by Crippen LogP contribution is 2.38. The molecule has 3 aromatic carbocycles. The van der Waals surface area contributed by atoms with E-state index in [1.54, 1.807) is 38.5 Å². The van der Waals surface area contributed by atoms with Crippen LogP contribution in [0.2, 0.25) is 5.02 Å². The number of benzene rings is 3. The number of piperidine rings is 1. The van der Waals surface area contributed by atoms with Gasteiger partial charge < -0.3 is 14.8 Å². The van der Waals surface area contributed by atoms with Crippen molar-refractivity contribution in [2.45, 2.75) is 31.3 Å². The summed E-state index contributed by atoms with van der Waals surface area (Å²) in [5.74, 6) is 1.26. The van der Waals surface area contributed by atoms with Gasteiger partial charge in [-0.3, -0.25) is 9.69 Å². The first-order valence-electron chi connectivity index (χ1n) is 11.9. The molecule has 0 aliphatic carbocycles. The second-order valence-corrected chi connectivity index (χ2v) is 9.44. The highest BCUT2D eigenvalue weighted by molar-refractivity contribution is 6.30. The molecule has 7 heteroatoms. The van der Waals surface area contributed by atoms with Crippen molar-refractivity contribution in [3.63, 3.8) is 0 Å². The molecular formula is C29H30ClN3O3. The molecule has 0 bridgehead atoms. The molecule has 186 valence electrons. The van der Waals surface area contributed by atoms with Crippen molar-refractivity contribution >= 4 is 17.5 Å². The van der Waals surface area contributed by atoms with Gasteiger partial charge in [-0.25, -0.2) is 0 Å². The molecular weight excluding hydrogens is 474 g/mol. The van der Waals surface area contributed by atoms with Gasteiger partial charge in [0, 0.05) is 36.8 Å².